The van der Waals surface area contributed by atoms with E-state index in [2.05, 4.69) is 63.3 Å². The van der Waals surface area contributed by atoms with E-state index in [-0.39, 0.29) is 23.3 Å². The van der Waals surface area contributed by atoms with Gasteiger partial charge in [0.2, 0.25) is 11.8 Å². The van der Waals surface area contributed by atoms with E-state index in [1.54, 1.807) is 4.90 Å². The topological polar surface area (TPSA) is 49.4 Å². The predicted octanol–water partition coefficient (Wildman–Crippen LogP) is 6.39. The molecule has 196 valence electrons. The summed E-state index contributed by atoms with van der Waals surface area (Å²) in [6, 6.07) is 26.0. The van der Waals surface area contributed by atoms with E-state index in [9.17, 15) is 9.59 Å². The van der Waals surface area contributed by atoms with Crippen LogP contribution >= 0.6 is 0 Å². The van der Waals surface area contributed by atoms with Crippen LogP contribution in [-0.2, 0) is 34.4 Å². The molecule has 3 aromatic carbocycles. The van der Waals surface area contributed by atoms with E-state index in [4.69, 9.17) is 0 Å². The van der Waals surface area contributed by atoms with Gasteiger partial charge in [-0.15, -0.1) is 0 Å². The van der Waals surface area contributed by atoms with Crippen LogP contribution in [0.2, 0.25) is 0 Å². The standard InChI is InChI=1S/C33H42N2O2/c1-24(2)34-32(37)30(22-27-13-8-7-9-14-27)35(23-28-15-11-10-12-25(28)3)31(36)21-18-26-16-19-29(20-17-26)33(4,5)6/h7-17,19-20,24,30H,18,21-23H2,1-6H3,(H,34,37)/t30-/m0/s1. The average Bonchev–Trinajstić information content (AvgIpc) is 2.85. The Morgan fingerprint density at radius 3 is 2.05 bits per heavy atom. The lowest BCUT2D eigenvalue weighted by atomic mass is 9.86. The van der Waals surface area contributed by atoms with Crippen molar-refractivity contribution in [2.45, 2.75) is 84.8 Å². The third-order valence-corrected chi connectivity index (χ3v) is 6.75. The van der Waals surface area contributed by atoms with Crippen LogP contribution in [0, 0.1) is 6.92 Å². The molecule has 0 bridgehead atoms. The molecule has 37 heavy (non-hydrogen) atoms. The molecule has 1 atom stereocenters. The molecular formula is C33H42N2O2. The van der Waals surface area contributed by atoms with Crippen LogP contribution in [-0.4, -0.2) is 28.8 Å². The number of nitrogens with one attached hydrogen (secondary N) is 1. The van der Waals surface area contributed by atoms with Crippen LogP contribution in [0.15, 0.2) is 78.9 Å². The number of carbonyl (C=O) groups is 2. The Labute approximate surface area is 223 Å². The Morgan fingerprint density at radius 1 is 0.838 bits per heavy atom. The Hall–Kier alpha value is -3.40. The van der Waals surface area contributed by atoms with Crippen LogP contribution in [0.1, 0.15) is 68.9 Å². The molecule has 0 spiro atoms. The van der Waals surface area contributed by atoms with Gasteiger partial charge in [0.15, 0.2) is 0 Å². The second kappa shape index (κ2) is 12.7. The van der Waals surface area contributed by atoms with Crippen LogP contribution in [0.25, 0.3) is 0 Å². The van der Waals surface area contributed by atoms with Gasteiger partial charge in [-0.25, -0.2) is 0 Å². The zero-order chi connectivity index (χ0) is 27.0. The van der Waals surface area contributed by atoms with Crippen molar-refractivity contribution in [2.75, 3.05) is 0 Å². The molecule has 0 heterocycles. The van der Waals surface area contributed by atoms with E-state index < -0.39 is 6.04 Å². The van der Waals surface area contributed by atoms with Crippen molar-refractivity contribution < 1.29 is 9.59 Å². The molecule has 0 unspecified atom stereocenters. The molecule has 1 N–H and O–H groups in total. The molecule has 0 fully saturated rings. The van der Waals surface area contributed by atoms with Crippen LogP contribution < -0.4 is 5.32 Å². The Bertz CT molecular complexity index is 1160. The first kappa shape index (κ1) is 28.2. The summed E-state index contributed by atoms with van der Waals surface area (Å²) in [5.74, 6) is -0.127. The lowest BCUT2D eigenvalue weighted by Crippen LogP contribution is -2.51. The highest BCUT2D eigenvalue weighted by molar-refractivity contribution is 5.88. The fourth-order valence-electron chi connectivity index (χ4n) is 4.47. The Morgan fingerprint density at radius 2 is 1.46 bits per heavy atom. The van der Waals surface area contributed by atoms with E-state index >= 15 is 0 Å². The maximum Gasteiger partial charge on any atom is 0.243 e. The summed E-state index contributed by atoms with van der Waals surface area (Å²) in [6.07, 6.45) is 1.45. The maximum atomic E-state index is 13.8. The number of aryl methyl sites for hydroxylation is 2. The lowest BCUT2D eigenvalue weighted by Gasteiger charge is -2.32. The third-order valence-electron chi connectivity index (χ3n) is 6.75. The molecule has 0 saturated carbocycles. The minimum atomic E-state index is -0.597. The summed E-state index contributed by atoms with van der Waals surface area (Å²) in [5.41, 5.74) is 5.70. The summed E-state index contributed by atoms with van der Waals surface area (Å²) >= 11 is 0. The van der Waals surface area contributed by atoms with E-state index in [1.807, 2.05) is 62.4 Å². The minimum absolute atomic E-state index is 0.0111. The second-order valence-electron chi connectivity index (χ2n) is 11.3. The number of hydrogen-bond acceptors (Lipinski definition) is 2. The van der Waals surface area contributed by atoms with Gasteiger partial charge in [0, 0.05) is 25.4 Å². The fourth-order valence-corrected chi connectivity index (χ4v) is 4.47. The van der Waals surface area contributed by atoms with Crippen LogP contribution in [0.5, 0.6) is 0 Å². The number of nitrogens with zero attached hydrogens (tertiary/aromatic N) is 1. The highest BCUT2D eigenvalue weighted by atomic mass is 16.2. The zero-order valence-corrected chi connectivity index (χ0v) is 23.3. The average molecular weight is 499 g/mol. The first-order valence-corrected chi connectivity index (χ1v) is 13.3. The maximum absolute atomic E-state index is 13.8. The van der Waals surface area contributed by atoms with Crippen molar-refractivity contribution in [1.29, 1.82) is 0 Å². The molecule has 0 aliphatic heterocycles. The molecule has 3 rings (SSSR count). The zero-order valence-electron chi connectivity index (χ0n) is 23.3. The van der Waals surface area contributed by atoms with Crippen molar-refractivity contribution >= 4 is 11.8 Å². The van der Waals surface area contributed by atoms with Gasteiger partial charge in [0.25, 0.3) is 0 Å². The van der Waals surface area contributed by atoms with Crippen molar-refractivity contribution in [3.8, 4) is 0 Å². The monoisotopic (exact) mass is 498 g/mol. The van der Waals surface area contributed by atoms with Gasteiger partial charge in [-0.1, -0.05) is 99.6 Å². The number of benzene rings is 3. The van der Waals surface area contributed by atoms with Gasteiger partial charge in [0.05, 0.1) is 0 Å². The first-order chi connectivity index (χ1) is 17.5. The number of hydrogen-bond donors (Lipinski definition) is 1. The summed E-state index contributed by atoms with van der Waals surface area (Å²) in [6.45, 7) is 12.9. The number of amides is 2. The largest absolute Gasteiger partial charge is 0.352 e. The molecule has 4 nitrogen and oxygen atoms in total. The van der Waals surface area contributed by atoms with Gasteiger partial charge < -0.3 is 10.2 Å². The van der Waals surface area contributed by atoms with Crippen molar-refractivity contribution in [1.82, 2.24) is 10.2 Å². The molecular weight excluding hydrogens is 456 g/mol. The summed E-state index contributed by atoms with van der Waals surface area (Å²) in [5, 5.41) is 3.06. The molecule has 0 aliphatic carbocycles. The Balaban J connectivity index is 1.89. The fraction of sp³-hybridized carbons (Fsp3) is 0.394. The lowest BCUT2D eigenvalue weighted by molar-refractivity contribution is -0.141. The van der Waals surface area contributed by atoms with Crippen LogP contribution in [0.3, 0.4) is 0 Å². The predicted molar refractivity (Wildman–Crippen MR) is 152 cm³/mol. The first-order valence-electron chi connectivity index (χ1n) is 13.3. The van der Waals surface area contributed by atoms with Gasteiger partial charge in [-0.05, 0) is 60.4 Å². The van der Waals surface area contributed by atoms with Crippen molar-refractivity contribution in [2.24, 2.45) is 0 Å². The highest BCUT2D eigenvalue weighted by Gasteiger charge is 2.30. The highest BCUT2D eigenvalue weighted by Crippen LogP contribution is 2.23. The quantitative estimate of drug-likeness (QED) is 0.352. The summed E-state index contributed by atoms with van der Waals surface area (Å²) in [7, 11) is 0. The third kappa shape index (κ3) is 8.31. The molecule has 2 amide bonds. The van der Waals surface area contributed by atoms with Gasteiger partial charge in [0.1, 0.15) is 6.04 Å². The number of rotatable bonds is 10. The smallest absolute Gasteiger partial charge is 0.243 e. The minimum Gasteiger partial charge on any atom is -0.352 e. The molecule has 0 saturated heterocycles. The normalized spacial score (nSPS) is 12.3. The van der Waals surface area contributed by atoms with E-state index in [0.717, 1.165) is 22.3 Å². The summed E-state index contributed by atoms with van der Waals surface area (Å²) in [4.78, 5) is 29.1. The molecule has 0 aromatic heterocycles. The summed E-state index contributed by atoms with van der Waals surface area (Å²) < 4.78 is 0. The van der Waals surface area contributed by atoms with Crippen molar-refractivity contribution in [3.63, 3.8) is 0 Å². The van der Waals surface area contributed by atoms with Crippen molar-refractivity contribution in [3.05, 3.63) is 107 Å². The van der Waals surface area contributed by atoms with E-state index in [1.165, 1.54) is 5.56 Å². The van der Waals surface area contributed by atoms with Gasteiger partial charge in [-0.3, -0.25) is 9.59 Å². The second-order valence-corrected chi connectivity index (χ2v) is 11.3. The molecule has 3 aromatic rings. The van der Waals surface area contributed by atoms with E-state index in [0.29, 0.717) is 25.8 Å². The van der Waals surface area contributed by atoms with Crippen LogP contribution in [0.4, 0.5) is 0 Å². The van der Waals surface area contributed by atoms with Gasteiger partial charge >= 0.3 is 0 Å². The van der Waals surface area contributed by atoms with Gasteiger partial charge in [-0.2, -0.15) is 0 Å². The molecule has 4 heteroatoms. The molecule has 0 aliphatic rings. The molecule has 0 radical (unpaired) electrons. The number of carbonyl (C=O) groups excluding carboxylic acids is 2. The SMILES string of the molecule is Cc1ccccc1CN(C(=O)CCc1ccc(C(C)(C)C)cc1)[C@@H](Cc1ccccc1)C(=O)NC(C)C. The Kier molecular flexibility index (Phi) is 9.68.